The zero-order chi connectivity index (χ0) is 22.8. The van der Waals surface area contributed by atoms with Crippen LogP contribution in [-0.4, -0.2) is 25.7 Å². The minimum Gasteiger partial charge on any atom is -0.496 e. The number of ether oxygens (including phenoxy) is 4. The van der Waals surface area contributed by atoms with E-state index in [-0.39, 0.29) is 18.5 Å². The topological polar surface area (TPSA) is 95.1 Å². The maximum atomic E-state index is 12.6. The highest BCUT2D eigenvalue weighted by atomic mass is 16.7. The SMILES string of the molecule is COc1ccccc1C=C1Oc2ccc(C(=O)NCc3ccc4c(c3)OCO4)cc2NC1=O. The molecule has 0 saturated carbocycles. The van der Waals surface area contributed by atoms with Crippen LogP contribution in [0, 0.1) is 0 Å². The Morgan fingerprint density at radius 1 is 1.06 bits per heavy atom. The molecule has 0 unspecified atom stereocenters. The molecule has 0 radical (unpaired) electrons. The molecule has 33 heavy (non-hydrogen) atoms. The Bertz CT molecular complexity index is 1280. The number of hydrogen-bond acceptors (Lipinski definition) is 6. The molecule has 2 heterocycles. The van der Waals surface area contributed by atoms with Crippen LogP contribution in [0.3, 0.4) is 0 Å². The van der Waals surface area contributed by atoms with Gasteiger partial charge in [0.25, 0.3) is 11.8 Å². The number of carbonyl (C=O) groups excluding carboxylic acids is 2. The van der Waals surface area contributed by atoms with Crippen molar-refractivity contribution in [2.75, 3.05) is 19.2 Å². The lowest BCUT2D eigenvalue weighted by molar-refractivity contribution is -0.115. The zero-order valence-electron chi connectivity index (χ0n) is 17.7. The fourth-order valence-corrected chi connectivity index (χ4v) is 3.56. The standard InChI is InChI=1S/C25H20N2O6/c1-30-19-5-3-2-4-16(19)12-23-25(29)27-18-11-17(7-9-20(18)33-23)24(28)26-13-15-6-8-21-22(10-15)32-14-31-21/h2-12H,13-14H2,1H3,(H,26,28)(H,27,29). The monoisotopic (exact) mass is 444 g/mol. The smallest absolute Gasteiger partial charge is 0.291 e. The van der Waals surface area contributed by atoms with Gasteiger partial charge in [0.1, 0.15) is 5.75 Å². The van der Waals surface area contributed by atoms with Crippen LogP contribution in [0.25, 0.3) is 6.08 Å². The van der Waals surface area contributed by atoms with Gasteiger partial charge in [-0.1, -0.05) is 24.3 Å². The Hall–Kier alpha value is -4.46. The molecule has 0 aliphatic carbocycles. The van der Waals surface area contributed by atoms with Crippen molar-refractivity contribution in [2.24, 2.45) is 0 Å². The Balaban J connectivity index is 1.29. The van der Waals surface area contributed by atoms with Gasteiger partial charge >= 0.3 is 0 Å². The second-order valence-corrected chi connectivity index (χ2v) is 7.39. The quantitative estimate of drug-likeness (QED) is 0.583. The summed E-state index contributed by atoms with van der Waals surface area (Å²) in [6.45, 7) is 0.519. The summed E-state index contributed by atoms with van der Waals surface area (Å²) in [5.41, 5.74) is 2.42. The molecule has 0 atom stereocenters. The Kier molecular flexibility index (Phi) is 5.32. The first-order chi connectivity index (χ1) is 16.1. The number of para-hydroxylation sites is 1. The molecule has 166 valence electrons. The van der Waals surface area contributed by atoms with Crippen LogP contribution in [0.4, 0.5) is 5.69 Å². The molecule has 3 aromatic carbocycles. The van der Waals surface area contributed by atoms with E-state index < -0.39 is 5.91 Å². The van der Waals surface area contributed by atoms with Gasteiger partial charge in [-0.2, -0.15) is 0 Å². The van der Waals surface area contributed by atoms with Gasteiger partial charge in [0, 0.05) is 17.7 Å². The van der Waals surface area contributed by atoms with E-state index in [9.17, 15) is 9.59 Å². The molecule has 5 rings (SSSR count). The number of nitrogens with one attached hydrogen (secondary N) is 2. The summed E-state index contributed by atoms with van der Waals surface area (Å²) < 4.78 is 21.8. The van der Waals surface area contributed by atoms with Crippen LogP contribution in [0.2, 0.25) is 0 Å². The summed E-state index contributed by atoms with van der Waals surface area (Å²) in [7, 11) is 1.56. The van der Waals surface area contributed by atoms with Gasteiger partial charge in [0.05, 0.1) is 12.8 Å². The van der Waals surface area contributed by atoms with Gasteiger partial charge in [-0.05, 0) is 48.0 Å². The predicted molar refractivity (Wildman–Crippen MR) is 120 cm³/mol. The van der Waals surface area contributed by atoms with Gasteiger partial charge in [-0.25, -0.2) is 0 Å². The third-order valence-corrected chi connectivity index (χ3v) is 5.25. The molecule has 3 aromatic rings. The molecule has 0 aromatic heterocycles. The number of hydrogen-bond donors (Lipinski definition) is 2. The largest absolute Gasteiger partial charge is 0.496 e. The van der Waals surface area contributed by atoms with Crippen molar-refractivity contribution < 1.29 is 28.5 Å². The molecule has 0 spiro atoms. The van der Waals surface area contributed by atoms with Crippen LogP contribution in [0.5, 0.6) is 23.0 Å². The number of methoxy groups -OCH3 is 1. The van der Waals surface area contributed by atoms with Crippen molar-refractivity contribution in [3.63, 3.8) is 0 Å². The van der Waals surface area contributed by atoms with Crippen LogP contribution >= 0.6 is 0 Å². The van der Waals surface area contributed by atoms with Crippen molar-refractivity contribution in [3.05, 3.63) is 83.1 Å². The van der Waals surface area contributed by atoms with Gasteiger partial charge in [-0.15, -0.1) is 0 Å². The van der Waals surface area contributed by atoms with Crippen LogP contribution in [0.15, 0.2) is 66.4 Å². The summed E-state index contributed by atoms with van der Waals surface area (Å²) in [6.07, 6.45) is 1.61. The third-order valence-electron chi connectivity index (χ3n) is 5.25. The molecule has 0 fully saturated rings. The first-order valence-electron chi connectivity index (χ1n) is 10.3. The Morgan fingerprint density at radius 2 is 1.88 bits per heavy atom. The minimum atomic E-state index is -0.411. The number of benzene rings is 3. The molecule has 8 nitrogen and oxygen atoms in total. The van der Waals surface area contributed by atoms with E-state index in [2.05, 4.69) is 10.6 Å². The lowest BCUT2D eigenvalue weighted by Crippen LogP contribution is -2.25. The lowest BCUT2D eigenvalue weighted by Gasteiger charge is -2.21. The van der Waals surface area contributed by atoms with Crippen molar-refractivity contribution in [3.8, 4) is 23.0 Å². The van der Waals surface area contributed by atoms with Gasteiger partial charge in [0.15, 0.2) is 23.0 Å². The Morgan fingerprint density at radius 3 is 2.76 bits per heavy atom. The normalized spacial score (nSPS) is 14.8. The highest BCUT2D eigenvalue weighted by Crippen LogP contribution is 2.34. The van der Waals surface area contributed by atoms with Crippen molar-refractivity contribution in [1.29, 1.82) is 0 Å². The first-order valence-corrected chi connectivity index (χ1v) is 10.3. The summed E-state index contributed by atoms with van der Waals surface area (Å²) in [5.74, 6) is 1.87. The van der Waals surface area contributed by atoms with Crippen molar-refractivity contribution >= 4 is 23.6 Å². The van der Waals surface area contributed by atoms with E-state index >= 15 is 0 Å². The maximum Gasteiger partial charge on any atom is 0.291 e. The molecule has 8 heteroatoms. The molecular formula is C25H20N2O6. The number of rotatable bonds is 5. The highest BCUT2D eigenvalue weighted by molar-refractivity contribution is 6.09. The second kappa shape index (κ2) is 8.58. The number of amides is 2. The molecule has 2 aliphatic rings. The van der Waals surface area contributed by atoms with E-state index in [1.807, 2.05) is 36.4 Å². The molecule has 0 saturated heterocycles. The molecule has 0 bridgehead atoms. The van der Waals surface area contributed by atoms with Gasteiger partial charge in [0.2, 0.25) is 6.79 Å². The predicted octanol–water partition coefficient (Wildman–Crippen LogP) is 3.73. The molecule has 2 N–H and O–H groups in total. The minimum absolute atomic E-state index is 0.131. The number of anilines is 1. The van der Waals surface area contributed by atoms with E-state index in [1.54, 1.807) is 37.5 Å². The van der Waals surface area contributed by atoms with Gasteiger partial charge < -0.3 is 29.6 Å². The molecule has 2 aliphatic heterocycles. The lowest BCUT2D eigenvalue weighted by atomic mass is 10.1. The van der Waals surface area contributed by atoms with E-state index in [4.69, 9.17) is 18.9 Å². The van der Waals surface area contributed by atoms with Crippen molar-refractivity contribution in [1.82, 2.24) is 5.32 Å². The summed E-state index contributed by atoms with van der Waals surface area (Å²) in [5, 5.41) is 5.65. The maximum absolute atomic E-state index is 12.6. The second-order valence-electron chi connectivity index (χ2n) is 7.39. The average molecular weight is 444 g/mol. The van der Waals surface area contributed by atoms with Crippen LogP contribution in [-0.2, 0) is 11.3 Å². The third kappa shape index (κ3) is 4.18. The molecule has 2 amide bonds. The van der Waals surface area contributed by atoms with Crippen LogP contribution < -0.4 is 29.6 Å². The van der Waals surface area contributed by atoms with E-state index in [1.165, 1.54) is 0 Å². The van der Waals surface area contributed by atoms with Gasteiger partial charge in [-0.3, -0.25) is 9.59 Å². The first kappa shape index (κ1) is 20.4. The number of carbonyl (C=O) groups is 2. The van der Waals surface area contributed by atoms with E-state index in [0.29, 0.717) is 46.4 Å². The summed E-state index contributed by atoms with van der Waals surface area (Å²) >= 11 is 0. The summed E-state index contributed by atoms with van der Waals surface area (Å²) in [6, 6.07) is 17.7. The zero-order valence-corrected chi connectivity index (χ0v) is 17.7. The van der Waals surface area contributed by atoms with Crippen molar-refractivity contribution in [2.45, 2.75) is 6.54 Å². The Labute approximate surface area is 189 Å². The summed E-state index contributed by atoms with van der Waals surface area (Å²) in [4.78, 5) is 25.2. The number of fused-ring (bicyclic) bond motifs is 2. The fraction of sp³-hybridized carbons (Fsp3) is 0.120. The average Bonchev–Trinajstić information content (AvgIpc) is 3.31. The fourth-order valence-electron chi connectivity index (χ4n) is 3.56. The highest BCUT2D eigenvalue weighted by Gasteiger charge is 2.24. The molecular weight excluding hydrogens is 424 g/mol. The van der Waals surface area contributed by atoms with E-state index in [0.717, 1.165) is 5.56 Å². The van der Waals surface area contributed by atoms with Crippen LogP contribution in [0.1, 0.15) is 21.5 Å².